The molecule has 0 atom stereocenters. The standard InChI is InChI=1S/C14H16N4O2/c1-10(19)11-8-12(18-9-11)14(20)17-7-6-16-13-4-2-3-5-15-13/h2-5,8-9,18H,6-7H2,1H3,(H,15,16)(H,17,20). The number of ketones is 1. The third kappa shape index (κ3) is 3.68. The first-order chi connectivity index (χ1) is 9.66. The quantitative estimate of drug-likeness (QED) is 0.549. The summed E-state index contributed by atoms with van der Waals surface area (Å²) in [6, 6.07) is 7.12. The molecule has 2 aromatic heterocycles. The van der Waals surface area contributed by atoms with Crippen LogP contribution in [0.4, 0.5) is 5.82 Å². The zero-order chi connectivity index (χ0) is 14.4. The van der Waals surface area contributed by atoms with Crippen LogP contribution in [0.15, 0.2) is 36.7 Å². The number of H-pyrrole nitrogens is 1. The molecule has 0 bridgehead atoms. The molecule has 0 unspecified atom stereocenters. The molecule has 0 saturated heterocycles. The lowest BCUT2D eigenvalue weighted by atomic mass is 10.2. The lowest BCUT2D eigenvalue weighted by Gasteiger charge is -2.06. The van der Waals surface area contributed by atoms with Gasteiger partial charge in [0.2, 0.25) is 0 Å². The smallest absolute Gasteiger partial charge is 0.267 e. The van der Waals surface area contributed by atoms with Crippen molar-refractivity contribution in [2.75, 3.05) is 18.4 Å². The van der Waals surface area contributed by atoms with Gasteiger partial charge in [-0.05, 0) is 25.1 Å². The molecule has 2 rings (SSSR count). The predicted octanol–water partition coefficient (Wildman–Crippen LogP) is 1.45. The highest BCUT2D eigenvalue weighted by molar-refractivity contribution is 5.99. The Morgan fingerprint density at radius 3 is 2.80 bits per heavy atom. The average Bonchev–Trinajstić information content (AvgIpc) is 2.94. The monoisotopic (exact) mass is 272 g/mol. The minimum absolute atomic E-state index is 0.0721. The Bertz CT molecular complexity index is 592. The van der Waals surface area contributed by atoms with Crippen LogP contribution in [0.25, 0.3) is 0 Å². The van der Waals surface area contributed by atoms with Crippen LogP contribution in [0.5, 0.6) is 0 Å². The van der Waals surface area contributed by atoms with E-state index in [-0.39, 0.29) is 11.7 Å². The molecule has 2 aromatic rings. The lowest BCUT2D eigenvalue weighted by molar-refractivity contribution is 0.0950. The number of rotatable bonds is 6. The fraction of sp³-hybridized carbons (Fsp3) is 0.214. The van der Waals surface area contributed by atoms with E-state index < -0.39 is 0 Å². The van der Waals surface area contributed by atoms with Gasteiger partial charge in [-0.1, -0.05) is 6.07 Å². The van der Waals surface area contributed by atoms with E-state index in [0.29, 0.717) is 24.3 Å². The molecule has 6 nitrogen and oxygen atoms in total. The van der Waals surface area contributed by atoms with Gasteiger partial charge in [-0.2, -0.15) is 0 Å². The summed E-state index contributed by atoms with van der Waals surface area (Å²) in [5, 5.41) is 5.83. The molecule has 20 heavy (non-hydrogen) atoms. The maximum Gasteiger partial charge on any atom is 0.267 e. The van der Waals surface area contributed by atoms with Crippen molar-refractivity contribution in [2.24, 2.45) is 0 Å². The highest BCUT2D eigenvalue weighted by atomic mass is 16.2. The topological polar surface area (TPSA) is 86.9 Å². The molecule has 2 heterocycles. The highest BCUT2D eigenvalue weighted by Gasteiger charge is 2.09. The number of Topliss-reactive ketones (excluding diaryl/α,β-unsaturated/α-hetero) is 1. The van der Waals surface area contributed by atoms with Crippen molar-refractivity contribution in [3.63, 3.8) is 0 Å². The van der Waals surface area contributed by atoms with E-state index in [1.165, 1.54) is 13.1 Å². The first-order valence-corrected chi connectivity index (χ1v) is 6.29. The number of hydrogen-bond donors (Lipinski definition) is 3. The third-order valence-electron chi connectivity index (χ3n) is 2.72. The van der Waals surface area contributed by atoms with Crippen molar-refractivity contribution in [1.29, 1.82) is 0 Å². The number of aromatic amines is 1. The first kappa shape index (κ1) is 13.8. The SMILES string of the molecule is CC(=O)c1c[nH]c(C(=O)NCCNc2ccccn2)c1. The van der Waals surface area contributed by atoms with Crippen molar-refractivity contribution in [3.8, 4) is 0 Å². The molecule has 0 aliphatic carbocycles. The number of carbonyl (C=O) groups is 2. The van der Waals surface area contributed by atoms with Crippen LogP contribution in [-0.4, -0.2) is 34.7 Å². The number of nitrogens with one attached hydrogen (secondary N) is 3. The summed E-state index contributed by atoms with van der Waals surface area (Å²) in [4.78, 5) is 29.8. The van der Waals surface area contributed by atoms with Gasteiger partial charge in [-0.15, -0.1) is 0 Å². The Morgan fingerprint density at radius 2 is 2.15 bits per heavy atom. The van der Waals surface area contributed by atoms with Crippen LogP contribution in [0.2, 0.25) is 0 Å². The normalized spacial score (nSPS) is 10.1. The van der Waals surface area contributed by atoms with Crippen molar-refractivity contribution in [1.82, 2.24) is 15.3 Å². The summed E-state index contributed by atoms with van der Waals surface area (Å²) in [6.07, 6.45) is 3.23. The van der Waals surface area contributed by atoms with Gasteiger partial charge in [0.25, 0.3) is 5.91 Å². The van der Waals surface area contributed by atoms with E-state index >= 15 is 0 Å². The van der Waals surface area contributed by atoms with E-state index in [0.717, 1.165) is 5.82 Å². The number of nitrogens with zero attached hydrogens (tertiary/aromatic N) is 1. The maximum atomic E-state index is 11.8. The Balaban J connectivity index is 1.76. The molecule has 0 fully saturated rings. The van der Waals surface area contributed by atoms with Crippen molar-refractivity contribution in [2.45, 2.75) is 6.92 Å². The Morgan fingerprint density at radius 1 is 1.30 bits per heavy atom. The van der Waals surface area contributed by atoms with Crippen molar-refractivity contribution >= 4 is 17.5 Å². The number of pyridine rings is 1. The van der Waals surface area contributed by atoms with Crippen LogP contribution in [0.3, 0.4) is 0 Å². The zero-order valence-corrected chi connectivity index (χ0v) is 11.1. The Kier molecular flexibility index (Phi) is 4.49. The van der Waals surface area contributed by atoms with Gasteiger partial charge in [0.05, 0.1) is 0 Å². The molecular weight excluding hydrogens is 256 g/mol. The first-order valence-electron chi connectivity index (χ1n) is 6.29. The van der Waals surface area contributed by atoms with Gasteiger partial charge in [-0.25, -0.2) is 4.98 Å². The maximum absolute atomic E-state index is 11.8. The van der Waals surface area contributed by atoms with Gasteiger partial charge in [0.1, 0.15) is 11.5 Å². The van der Waals surface area contributed by atoms with E-state index in [2.05, 4.69) is 20.6 Å². The molecule has 104 valence electrons. The molecule has 0 aliphatic heterocycles. The van der Waals surface area contributed by atoms with Crippen LogP contribution in [-0.2, 0) is 0 Å². The molecule has 0 spiro atoms. The zero-order valence-electron chi connectivity index (χ0n) is 11.1. The predicted molar refractivity (Wildman–Crippen MR) is 75.9 cm³/mol. The van der Waals surface area contributed by atoms with Crippen LogP contribution in [0, 0.1) is 0 Å². The molecule has 3 N–H and O–H groups in total. The average molecular weight is 272 g/mol. The lowest BCUT2D eigenvalue weighted by Crippen LogP contribution is -2.29. The van der Waals surface area contributed by atoms with E-state index in [4.69, 9.17) is 0 Å². The largest absolute Gasteiger partial charge is 0.368 e. The number of hydrogen-bond acceptors (Lipinski definition) is 4. The van der Waals surface area contributed by atoms with Crippen molar-refractivity contribution < 1.29 is 9.59 Å². The number of amides is 1. The summed E-state index contributed by atoms with van der Waals surface area (Å²) in [7, 11) is 0. The number of anilines is 1. The fourth-order valence-electron chi connectivity index (χ4n) is 1.66. The molecule has 6 heteroatoms. The molecule has 0 aromatic carbocycles. The minimum Gasteiger partial charge on any atom is -0.368 e. The summed E-state index contributed by atoms with van der Waals surface area (Å²) in [5.74, 6) is 0.456. The highest BCUT2D eigenvalue weighted by Crippen LogP contribution is 2.04. The summed E-state index contributed by atoms with van der Waals surface area (Å²) < 4.78 is 0. The number of aromatic nitrogens is 2. The second-order valence-corrected chi connectivity index (χ2v) is 4.26. The van der Waals surface area contributed by atoms with Crippen LogP contribution in [0.1, 0.15) is 27.8 Å². The number of carbonyl (C=O) groups excluding carboxylic acids is 2. The van der Waals surface area contributed by atoms with Crippen LogP contribution < -0.4 is 10.6 Å². The van der Waals surface area contributed by atoms with E-state index in [9.17, 15) is 9.59 Å². The minimum atomic E-state index is -0.236. The summed E-state index contributed by atoms with van der Waals surface area (Å²) in [6.45, 7) is 2.49. The van der Waals surface area contributed by atoms with Gasteiger partial charge in [-0.3, -0.25) is 9.59 Å². The second-order valence-electron chi connectivity index (χ2n) is 4.26. The van der Waals surface area contributed by atoms with Gasteiger partial charge >= 0.3 is 0 Å². The molecule has 0 saturated carbocycles. The van der Waals surface area contributed by atoms with Crippen molar-refractivity contribution in [3.05, 3.63) is 47.9 Å². The third-order valence-corrected chi connectivity index (χ3v) is 2.72. The summed E-state index contributed by atoms with van der Waals surface area (Å²) >= 11 is 0. The Hall–Kier alpha value is -2.63. The molecular formula is C14H16N4O2. The molecule has 1 amide bonds. The van der Waals surface area contributed by atoms with Crippen LogP contribution >= 0.6 is 0 Å². The van der Waals surface area contributed by atoms with E-state index in [1.807, 2.05) is 18.2 Å². The summed E-state index contributed by atoms with van der Waals surface area (Å²) in [5.41, 5.74) is 0.884. The second kappa shape index (κ2) is 6.51. The van der Waals surface area contributed by atoms with E-state index in [1.54, 1.807) is 12.3 Å². The fourth-order valence-corrected chi connectivity index (χ4v) is 1.66. The van der Waals surface area contributed by atoms with Gasteiger partial charge < -0.3 is 15.6 Å². The van der Waals surface area contributed by atoms with Gasteiger partial charge in [0, 0.05) is 31.0 Å². The molecule has 0 aliphatic rings. The van der Waals surface area contributed by atoms with Gasteiger partial charge in [0.15, 0.2) is 5.78 Å². The molecule has 0 radical (unpaired) electrons. The Labute approximate surface area is 116 Å².